The third-order valence-electron chi connectivity index (χ3n) is 3.03. The summed E-state index contributed by atoms with van der Waals surface area (Å²) in [6.45, 7) is 9.09. The van der Waals surface area contributed by atoms with E-state index in [0.717, 1.165) is 0 Å². The molecule has 7 heteroatoms. The SMILES string of the molecule is CCn1cc(S(=O)(=O)N(CCCN)C(C)C)nc1C. The van der Waals surface area contributed by atoms with Crippen molar-refractivity contribution < 1.29 is 8.42 Å². The second kappa shape index (κ2) is 6.49. The lowest BCUT2D eigenvalue weighted by atomic mass is 10.3. The minimum absolute atomic E-state index is 0.108. The number of rotatable bonds is 7. The Morgan fingerprint density at radius 1 is 1.47 bits per heavy atom. The second-order valence-corrected chi connectivity index (χ2v) is 6.60. The molecule has 0 radical (unpaired) electrons. The Morgan fingerprint density at radius 2 is 2.11 bits per heavy atom. The van der Waals surface area contributed by atoms with E-state index in [1.165, 1.54) is 4.31 Å². The molecule has 1 heterocycles. The Morgan fingerprint density at radius 3 is 2.53 bits per heavy atom. The third-order valence-corrected chi connectivity index (χ3v) is 4.97. The van der Waals surface area contributed by atoms with E-state index in [1.807, 2.05) is 32.3 Å². The van der Waals surface area contributed by atoms with Gasteiger partial charge < -0.3 is 10.3 Å². The molecule has 0 saturated carbocycles. The summed E-state index contributed by atoms with van der Waals surface area (Å²) in [7, 11) is -3.54. The standard InChI is InChI=1S/C12H24N4O2S/c1-5-15-9-12(14-11(15)4)19(17,18)16(10(2)3)8-6-7-13/h9-10H,5-8,13H2,1-4H3. The molecule has 0 aliphatic heterocycles. The van der Waals surface area contributed by atoms with E-state index in [-0.39, 0.29) is 11.1 Å². The molecule has 0 fully saturated rings. The molecule has 0 saturated heterocycles. The van der Waals surface area contributed by atoms with E-state index < -0.39 is 10.0 Å². The number of aryl methyl sites for hydroxylation is 2. The zero-order chi connectivity index (χ0) is 14.6. The summed E-state index contributed by atoms with van der Waals surface area (Å²) in [5, 5.41) is 0.123. The van der Waals surface area contributed by atoms with Gasteiger partial charge in [-0.1, -0.05) is 0 Å². The highest BCUT2D eigenvalue weighted by Crippen LogP contribution is 2.18. The predicted octanol–water partition coefficient (Wildman–Crippen LogP) is 0.959. The molecule has 2 N–H and O–H groups in total. The largest absolute Gasteiger partial charge is 0.334 e. The first-order valence-corrected chi connectivity index (χ1v) is 8.04. The first-order chi connectivity index (χ1) is 8.84. The van der Waals surface area contributed by atoms with Gasteiger partial charge in [-0.25, -0.2) is 13.4 Å². The van der Waals surface area contributed by atoms with Crippen LogP contribution in [0.3, 0.4) is 0 Å². The zero-order valence-electron chi connectivity index (χ0n) is 12.1. The smallest absolute Gasteiger partial charge is 0.262 e. The molecule has 110 valence electrons. The molecular formula is C12H24N4O2S. The summed E-state index contributed by atoms with van der Waals surface area (Å²) in [6.07, 6.45) is 2.24. The Labute approximate surface area is 115 Å². The normalized spacial score (nSPS) is 12.6. The molecule has 0 bridgehead atoms. The van der Waals surface area contributed by atoms with Gasteiger partial charge in [-0.3, -0.25) is 0 Å². The highest BCUT2D eigenvalue weighted by molar-refractivity contribution is 7.89. The lowest BCUT2D eigenvalue weighted by molar-refractivity contribution is 0.350. The number of nitrogens with zero attached hydrogens (tertiary/aromatic N) is 3. The molecular weight excluding hydrogens is 264 g/mol. The van der Waals surface area contributed by atoms with E-state index in [2.05, 4.69) is 4.98 Å². The van der Waals surface area contributed by atoms with Crippen molar-refractivity contribution in [1.82, 2.24) is 13.9 Å². The van der Waals surface area contributed by atoms with Crippen molar-refractivity contribution in [2.45, 2.75) is 51.7 Å². The van der Waals surface area contributed by atoms with Crippen LogP contribution in [0.25, 0.3) is 0 Å². The highest BCUT2D eigenvalue weighted by atomic mass is 32.2. The second-order valence-electron chi connectivity index (χ2n) is 4.76. The van der Waals surface area contributed by atoms with E-state index in [1.54, 1.807) is 6.20 Å². The molecule has 0 unspecified atom stereocenters. The van der Waals surface area contributed by atoms with Crippen LogP contribution in [0.4, 0.5) is 0 Å². The maximum absolute atomic E-state index is 12.6. The monoisotopic (exact) mass is 288 g/mol. The number of nitrogens with two attached hydrogens (primary N) is 1. The number of sulfonamides is 1. The summed E-state index contributed by atoms with van der Waals surface area (Å²) >= 11 is 0. The van der Waals surface area contributed by atoms with Gasteiger partial charge in [0.1, 0.15) is 5.82 Å². The summed E-state index contributed by atoms with van der Waals surface area (Å²) in [5.41, 5.74) is 5.47. The van der Waals surface area contributed by atoms with Gasteiger partial charge in [0.2, 0.25) is 0 Å². The maximum atomic E-state index is 12.6. The average Bonchev–Trinajstić information content (AvgIpc) is 2.71. The molecule has 1 aromatic heterocycles. The van der Waals surface area contributed by atoms with Crippen molar-refractivity contribution >= 4 is 10.0 Å². The van der Waals surface area contributed by atoms with Crippen molar-refractivity contribution in [3.05, 3.63) is 12.0 Å². The molecule has 19 heavy (non-hydrogen) atoms. The lowest BCUT2D eigenvalue weighted by Crippen LogP contribution is -2.38. The van der Waals surface area contributed by atoms with Crippen molar-refractivity contribution in [1.29, 1.82) is 0 Å². The fourth-order valence-corrected chi connectivity index (χ4v) is 3.62. The van der Waals surface area contributed by atoms with Crippen LogP contribution in [0.5, 0.6) is 0 Å². The molecule has 1 aromatic rings. The number of hydrogen-bond acceptors (Lipinski definition) is 4. The quantitative estimate of drug-likeness (QED) is 0.810. The number of hydrogen-bond donors (Lipinski definition) is 1. The Bertz CT molecular complexity index is 508. The fraction of sp³-hybridized carbons (Fsp3) is 0.750. The van der Waals surface area contributed by atoms with E-state index in [0.29, 0.717) is 31.9 Å². The minimum Gasteiger partial charge on any atom is -0.334 e. The first-order valence-electron chi connectivity index (χ1n) is 6.60. The van der Waals surface area contributed by atoms with Crippen LogP contribution >= 0.6 is 0 Å². The van der Waals surface area contributed by atoms with E-state index >= 15 is 0 Å². The molecule has 0 aliphatic rings. The van der Waals surface area contributed by atoms with Gasteiger partial charge in [-0.2, -0.15) is 4.31 Å². The van der Waals surface area contributed by atoms with Crippen molar-refractivity contribution in [3.63, 3.8) is 0 Å². The Balaban J connectivity index is 3.11. The van der Waals surface area contributed by atoms with Crippen LogP contribution in [-0.4, -0.2) is 41.4 Å². The highest BCUT2D eigenvalue weighted by Gasteiger charge is 2.29. The van der Waals surface area contributed by atoms with Gasteiger partial charge >= 0.3 is 0 Å². The Hall–Kier alpha value is -0.920. The molecule has 6 nitrogen and oxygen atoms in total. The van der Waals surface area contributed by atoms with Crippen LogP contribution < -0.4 is 5.73 Å². The molecule has 0 amide bonds. The van der Waals surface area contributed by atoms with Gasteiger partial charge in [0, 0.05) is 25.3 Å². The van der Waals surface area contributed by atoms with E-state index in [4.69, 9.17) is 5.73 Å². The maximum Gasteiger partial charge on any atom is 0.262 e. The summed E-state index contributed by atoms with van der Waals surface area (Å²) in [5.74, 6) is 0.712. The Kier molecular flexibility index (Phi) is 5.51. The predicted molar refractivity (Wildman–Crippen MR) is 75.3 cm³/mol. The molecule has 0 spiro atoms. The van der Waals surface area contributed by atoms with Gasteiger partial charge in [0.25, 0.3) is 10.0 Å². The lowest BCUT2D eigenvalue weighted by Gasteiger charge is -2.24. The molecule has 1 rings (SSSR count). The van der Waals surface area contributed by atoms with Crippen LogP contribution in [0.1, 0.15) is 33.0 Å². The van der Waals surface area contributed by atoms with Gasteiger partial charge in [0.15, 0.2) is 5.03 Å². The van der Waals surface area contributed by atoms with Crippen LogP contribution in [0.15, 0.2) is 11.2 Å². The van der Waals surface area contributed by atoms with Gasteiger partial charge in [-0.15, -0.1) is 0 Å². The summed E-state index contributed by atoms with van der Waals surface area (Å²) in [4.78, 5) is 4.17. The third kappa shape index (κ3) is 3.55. The molecule has 0 atom stereocenters. The fourth-order valence-electron chi connectivity index (χ4n) is 1.95. The molecule has 0 aromatic carbocycles. The van der Waals surface area contributed by atoms with Gasteiger partial charge in [0.05, 0.1) is 0 Å². The van der Waals surface area contributed by atoms with Crippen LogP contribution in [0.2, 0.25) is 0 Å². The first kappa shape index (κ1) is 16.1. The van der Waals surface area contributed by atoms with Crippen LogP contribution in [-0.2, 0) is 16.6 Å². The zero-order valence-corrected chi connectivity index (χ0v) is 12.9. The summed E-state index contributed by atoms with van der Waals surface area (Å²) in [6, 6.07) is -0.108. The van der Waals surface area contributed by atoms with E-state index in [9.17, 15) is 8.42 Å². The molecule has 0 aliphatic carbocycles. The minimum atomic E-state index is -3.54. The van der Waals surface area contributed by atoms with Crippen molar-refractivity contribution in [2.75, 3.05) is 13.1 Å². The van der Waals surface area contributed by atoms with Gasteiger partial charge in [-0.05, 0) is 40.7 Å². The van der Waals surface area contributed by atoms with Crippen molar-refractivity contribution in [3.8, 4) is 0 Å². The number of aromatic nitrogens is 2. The van der Waals surface area contributed by atoms with Crippen molar-refractivity contribution in [2.24, 2.45) is 5.73 Å². The summed E-state index contributed by atoms with van der Waals surface area (Å²) < 4.78 is 28.4. The van der Waals surface area contributed by atoms with Crippen LogP contribution in [0, 0.1) is 6.92 Å². The number of imidazole rings is 1. The average molecular weight is 288 g/mol. The topological polar surface area (TPSA) is 81.2 Å².